The summed E-state index contributed by atoms with van der Waals surface area (Å²) in [5.41, 5.74) is 3.74. The van der Waals surface area contributed by atoms with Gasteiger partial charge in [-0.3, -0.25) is 9.67 Å². The second-order valence-electron chi connectivity index (χ2n) is 9.09. The number of aromatic amines is 2. The van der Waals surface area contributed by atoms with E-state index in [2.05, 4.69) is 36.0 Å². The summed E-state index contributed by atoms with van der Waals surface area (Å²) in [7, 11) is 0. The minimum Gasteiger partial charge on any atom is -0.382 e. The smallest absolute Gasteiger partial charge is 0.382 e. The number of aryl methyl sites for hydroxylation is 1. The van der Waals surface area contributed by atoms with Crippen LogP contribution in [0.15, 0.2) is 48.9 Å². The van der Waals surface area contributed by atoms with E-state index in [1.165, 1.54) is 12.1 Å². The summed E-state index contributed by atoms with van der Waals surface area (Å²) in [4.78, 5) is 3.16. The molecule has 0 bridgehead atoms. The molecule has 0 aliphatic heterocycles. The summed E-state index contributed by atoms with van der Waals surface area (Å²) in [6, 6.07) is 9.56. The van der Waals surface area contributed by atoms with E-state index >= 15 is 0 Å². The predicted molar refractivity (Wildman–Crippen MR) is 139 cm³/mol. The number of benzene rings is 2. The van der Waals surface area contributed by atoms with Gasteiger partial charge < -0.3 is 20.4 Å². The van der Waals surface area contributed by atoms with Crippen LogP contribution >= 0.6 is 0 Å². The van der Waals surface area contributed by atoms with Gasteiger partial charge in [0, 0.05) is 47.4 Å². The van der Waals surface area contributed by atoms with Crippen LogP contribution in [0, 0.1) is 6.92 Å². The number of hydrogen-bond acceptors (Lipinski definition) is 6. The lowest BCUT2D eigenvalue weighted by molar-refractivity contribution is -0.137. The highest BCUT2D eigenvalue weighted by molar-refractivity contribution is 5.93. The van der Waals surface area contributed by atoms with Crippen LogP contribution in [0.2, 0.25) is 0 Å². The molecule has 12 heteroatoms. The number of H-pyrrole nitrogens is 2. The molecule has 0 unspecified atom stereocenters. The molecule has 2 aromatic carbocycles. The molecule has 5 rings (SSSR count). The fourth-order valence-corrected chi connectivity index (χ4v) is 4.37. The zero-order valence-electron chi connectivity index (χ0n) is 20.9. The first kappa shape index (κ1) is 25.7. The van der Waals surface area contributed by atoms with E-state index in [0.29, 0.717) is 37.2 Å². The summed E-state index contributed by atoms with van der Waals surface area (Å²) in [5.74, 6) is 0.800. The van der Waals surface area contributed by atoms with Crippen LogP contribution in [0.1, 0.15) is 29.9 Å². The Bertz CT molecular complexity index is 1500. The largest absolute Gasteiger partial charge is 0.416 e. The van der Waals surface area contributed by atoms with Crippen LogP contribution < -0.4 is 10.6 Å². The average molecular weight is 527 g/mol. The first-order valence-electron chi connectivity index (χ1n) is 12.4. The number of halogens is 3. The highest BCUT2D eigenvalue weighted by Crippen LogP contribution is 2.31. The Labute approximate surface area is 216 Å². The quantitative estimate of drug-likeness (QED) is 0.171. The topological polar surface area (TPSA) is 108 Å². The van der Waals surface area contributed by atoms with Crippen molar-refractivity contribution in [3.63, 3.8) is 0 Å². The molecule has 3 aromatic heterocycles. The van der Waals surface area contributed by atoms with Gasteiger partial charge in [-0.15, -0.1) is 10.2 Å². The molecule has 0 spiro atoms. The summed E-state index contributed by atoms with van der Waals surface area (Å²) >= 11 is 0. The highest BCUT2D eigenvalue weighted by atomic mass is 19.4. The van der Waals surface area contributed by atoms with Crippen molar-refractivity contribution in [3.8, 4) is 5.69 Å². The number of nitrogens with one attached hydrogen (secondary N) is 4. The molecule has 3 heterocycles. The SMILES string of the molecule is Cc1nncn1-c1cc(NCCOCCCCNCc2cc3cc(C(F)(F)F)ccc3[nH]2)c2cn[nH]c2c1. The number of aromatic nitrogens is 6. The number of anilines is 1. The van der Waals surface area contributed by atoms with Gasteiger partial charge in [0.25, 0.3) is 0 Å². The standard InChI is InChI=1S/C26H29F3N8O/c1-17-35-33-16-37(17)21-12-24(22-15-32-36-25(22)13-21)31-7-9-38-8-3-2-6-30-14-20-11-18-10-19(26(27,28)29)4-5-23(18)34-20/h4-5,10-13,15-16,30-31,34H,2-3,6-9,14H2,1H3,(H,32,36). The number of alkyl halides is 3. The predicted octanol–water partition coefficient (Wildman–Crippen LogP) is 4.95. The maximum atomic E-state index is 12.9. The molecule has 0 radical (unpaired) electrons. The van der Waals surface area contributed by atoms with Crippen molar-refractivity contribution in [3.05, 3.63) is 66.0 Å². The zero-order chi connectivity index (χ0) is 26.5. The van der Waals surface area contributed by atoms with E-state index in [-0.39, 0.29) is 0 Å². The molecule has 0 aliphatic rings. The molecule has 0 aliphatic carbocycles. The van der Waals surface area contributed by atoms with Crippen molar-refractivity contribution in [2.75, 3.05) is 31.6 Å². The average Bonchev–Trinajstić information content (AvgIpc) is 3.63. The zero-order valence-corrected chi connectivity index (χ0v) is 20.9. The van der Waals surface area contributed by atoms with Crippen molar-refractivity contribution in [1.29, 1.82) is 0 Å². The van der Waals surface area contributed by atoms with Crippen molar-refractivity contribution in [2.24, 2.45) is 0 Å². The van der Waals surface area contributed by atoms with E-state index in [4.69, 9.17) is 4.74 Å². The Morgan fingerprint density at radius 2 is 1.92 bits per heavy atom. The number of unbranched alkanes of at least 4 members (excludes halogenated alkanes) is 1. The van der Waals surface area contributed by atoms with E-state index < -0.39 is 11.7 Å². The van der Waals surface area contributed by atoms with Gasteiger partial charge in [0.15, 0.2) is 0 Å². The molecule has 200 valence electrons. The van der Waals surface area contributed by atoms with Crippen molar-refractivity contribution >= 4 is 27.5 Å². The molecule has 0 saturated carbocycles. The molecule has 0 atom stereocenters. The molecule has 5 aromatic rings. The van der Waals surface area contributed by atoms with Crippen LogP contribution in [0.4, 0.5) is 18.9 Å². The fraction of sp³-hybridized carbons (Fsp3) is 0.346. The molecular formula is C26H29F3N8O. The van der Waals surface area contributed by atoms with E-state index in [1.807, 2.05) is 23.6 Å². The normalized spacial score (nSPS) is 12.1. The van der Waals surface area contributed by atoms with Gasteiger partial charge in [-0.2, -0.15) is 18.3 Å². The van der Waals surface area contributed by atoms with Crippen LogP contribution in [-0.2, 0) is 17.5 Å². The van der Waals surface area contributed by atoms with E-state index in [1.54, 1.807) is 18.6 Å². The van der Waals surface area contributed by atoms with Crippen LogP contribution in [-0.4, -0.2) is 56.2 Å². The van der Waals surface area contributed by atoms with Gasteiger partial charge in [-0.05, 0) is 62.7 Å². The van der Waals surface area contributed by atoms with Gasteiger partial charge in [0.1, 0.15) is 12.2 Å². The van der Waals surface area contributed by atoms with E-state index in [0.717, 1.165) is 59.2 Å². The number of hydrogen-bond donors (Lipinski definition) is 4. The van der Waals surface area contributed by atoms with Gasteiger partial charge in [-0.1, -0.05) is 0 Å². The second kappa shape index (κ2) is 11.2. The molecule has 0 fully saturated rings. The van der Waals surface area contributed by atoms with Crippen molar-refractivity contribution in [1.82, 2.24) is 35.3 Å². The maximum absolute atomic E-state index is 12.9. The number of rotatable bonds is 12. The monoisotopic (exact) mass is 526 g/mol. The lowest BCUT2D eigenvalue weighted by Crippen LogP contribution is -2.16. The Morgan fingerprint density at radius 3 is 2.74 bits per heavy atom. The number of nitrogens with zero attached hydrogens (tertiary/aromatic N) is 4. The van der Waals surface area contributed by atoms with Crippen LogP contribution in [0.3, 0.4) is 0 Å². The van der Waals surface area contributed by atoms with Crippen molar-refractivity contribution in [2.45, 2.75) is 32.5 Å². The summed E-state index contributed by atoms with van der Waals surface area (Å²) < 4.78 is 46.4. The summed E-state index contributed by atoms with van der Waals surface area (Å²) in [6.45, 7) is 5.13. The lowest BCUT2D eigenvalue weighted by Gasteiger charge is -2.11. The van der Waals surface area contributed by atoms with Crippen LogP contribution in [0.5, 0.6) is 0 Å². The molecule has 0 amide bonds. The fourth-order valence-electron chi connectivity index (χ4n) is 4.37. The lowest BCUT2D eigenvalue weighted by atomic mass is 10.1. The summed E-state index contributed by atoms with van der Waals surface area (Å²) in [6.07, 6.45) is 0.980. The van der Waals surface area contributed by atoms with Gasteiger partial charge in [0.2, 0.25) is 0 Å². The Balaban J connectivity index is 0.997. The third-order valence-electron chi connectivity index (χ3n) is 6.31. The van der Waals surface area contributed by atoms with Gasteiger partial charge in [0.05, 0.1) is 29.6 Å². The molecule has 9 nitrogen and oxygen atoms in total. The Morgan fingerprint density at radius 1 is 1.03 bits per heavy atom. The first-order valence-corrected chi connectivity index (χ1v) is 12.4. The maximum Gasteiger partial charge on any atom is 0.416 e. The van der Waals surface area contributed by atoms with Crippen molar-refractivity contribution < 1.29 is 17.9 Å². The summed E-state index contributed by atoms with van der Waals surface area (Å²) in [5, 5.41) is 23.5. The molecular weight excluding hydrogens is 497 g/mol. The molecule has 0 saturated heterocycles. The number of ether oxygens (including phenoxy) is 1. The minimum absolute atomic E-state index is 0.563. The van der Waals surface area contributed by atoms with Gasteiger partial charge in [-0.25, -0.2) is 0 Å². The van der Waals surface area contributed by atoms with Gasteiger partial charge >= 0.3 is 6.18 Å². The minimum atomic E-state index is -4.34. The third-order valence-corrected chi connectivity index (χ3v) is 6.31. The third kappa shape index (κ3) is 5.97. The Kier molecular flexibility index (Phi) is 7.61. The van der Waals surface area contributed by atoms with E-state index in [9.17, 15) is 13.2 Å². The molecule has 4 N–H and O–H groups in total. The highest BCUT2D eigenvalue weighted by Gasteiger charge is 2.30. The number of fused-ring (bicyclic) bond motifs is 2. The second-order valence-corrected chi connectivity index (χ2v) is 9.09. The van der Waals surface area contributed by atoms with Crippen LogP contribution in [0.25, 0.3) is 27.5 Å². The molecule has 38 heavy (non-hydrogen) atoms. The first-order chi connectivity index (χ1) is 18.4. The Hall–Kier alpha value is -3.90.